The predicted octanol–water partition coefficient (Wildman–Crippen LogP) is 4.41. The molecule has 1 saturated carbocycles. The molecule has 184 valence electrons. The fourth-order valence-electron chi connectivity index (χ4n) is 5.26. The molecule has 9 heteroatoms. The van der Waals surface area contributed by atoms with Crippen molar-refractivity contribution in [3.05, 3.63) is 48.1 Å². The Balaban J connectivity index is 1.17. The van der Waals surface area contributed by atoms with Crippen LogP contribution >= 0.6 is 11.6 Å². The van der Waals surface area contributed by atoms with Crippen LogP contribution in [0, 0.1) is 5.92 Å². The lowest BCUT2D eigenvalue weighted by atomic mass is 9.90. The molecule has 8 nitrogen and oxygen atoms in total. The van der Waals surface area contributed by atoms with E-state index in [9.17, 15) is 4.79 Å². The van der Waals surface area contributed by atoms with E-state index in [1.807, 2.05) is 29.2 Å². The number of fused-ring (bicyclic) bond motifs is 1. The van der Waals surface area contributed by atoms with Gasteiger partial charge in [-0.1, -0.05) is 36.4 Å². The maximum Gasteiger partial charge on any atom is 0.245 e. The average molecular weight is 494 g/mol. The van der Waals surface area contributed by atoms with E-state index in [1.54, 1.807) is 6.20 Å². The van der Waals surface area contributed by atoms with Crippen molar-refractivity contribution < 1.29 is 4.79 Å². The number of carbonyl (C=O) groups is 1. The van der Waals surface area contributed by atoms with Crippen LogP contribution in [-0.4, -0.2) is 62.7 Å². The Labute approximate surface area is 210 Å². The molecule has 1 saturated heterocycles. The standard InChI is InChI=1S/C26H32ClN7O/c1-2-23(35)34-12-10-17(11-13-34)15-28-18-6-5-7-19(14-18)30-26-29-16-21(27)25(31-26)24-20-8-3-4-9-22(20)32-33-24/h2-4,8-9,16-19,28H,1,5-7,10-15H2,(H,32,33)(H,29,30,31)/t18-,19+/m0/s1. The zero-order chi connectivity index (χ0) is 24.2. The molecule has 3 heterocycles. The number of aromatic nitrogens is 4. The highest BCUT2D eigenvalue weighted by Crippen LogP contribution is 2.31. The first kappa shape index (κ1) is 23.8. The van der Waals surface area contributed by atoms with Gasteiger partial charge in [-0.3, -0.25) is 9.89 Å². The van der Waals surface area contributed by atoms with Gasteiger partial charge in [-0.15, -0.1) is 0 Å². The fourth-order valence-corrected chi connectivity index (χ4v) is 5.44. The smallest absolute Gasteiger partial charge is 0.245 e. The van der Waals surface area contributed by atoms with Gasteiger partial charge < -0.3 is 15.5 Å². The largest absolute Gasteiger partial charge is 0.351 e. The molecule has 0 radical (unpaired) electrons. The van der Waals surface area contributed by atoms with Gasteiger partial charge >= 0.3 is 0 Å². The van der Waals surface area contributed by atoms with Crippen LogP contribution < -0.4 is 10.6 Å². The maximum absolute atomic E-state index is 11.8. The van der Waals surface area contributed by atoms with Gasteiger partial charge in [-0.2, -0.15) is 5.10 Å². The molecule has 2 fully saturated rings. The number of H-pyrrole nitrogens is 1. The first-order valence-corrected chi connectivity index (χ1v) is 12.9. The summed E-state index contributed by atoms with van der Waals surface area (Å²) in [4.78, 5) is 22.9. The van der Waals surface area contributed by atoms with Crippen molar-refractivity contribution in [3.8, 4) is 11.4 Å². The van der Waals surface area contributed by atoms with Crippen molar-refractivity contribution in [1.82, 2.24) is 30.4 Å². The van der Waals surface area contributed by atoms with E-state index >= 15 is 0 Å². The molecule has 5 rings (SSSR count). The molecule has 3 N–H and O–H groups in total. The first-order chi connectivity index (χ1) is 17.1. The predicted molar refractivity (Wildman–Crippen MR) is 139 cm³/mol. The van der Waals surface area contributed by atoms with Crippen molar-refractivity contribution in [2.24, 2.45) is 5.92 Å². The lowest BCUT2D eigenvalue weighted by Crippen LogP contribution is -2.44. The number of piperidine rings is 1. The average Bonchev–Trinajstić information content (AvgIpc) is 3.33. The van der Waals surface area contributed by atoms with Crippen molar-refractivity contribution in [3.63, 3.8) is 0 Å². The molecule has 2 aliphatic rings. The minimum absolute atomic E-state index is 0.0469. The summed E-state index contributed by atoms with van der Waals surface area (Å²) in [6.45, 7) is 6.25. The van der Waals surface area contributed by atoms with Crippen molar-refractivity contribution in [1.29, 1.82) is 0 Å². The van der Waals surface area contributed by atoms with E-state index in [2.05, 4.69) is 32.4 Å². The van der Waals surface area contributed by atoms with Crippen molar-refractivity contribution in [2.75, 3.05) is 25.0 Å². The first-order valence-electron chi connectivity index (χ1n) is 12.5. The number of anilines is 1. The summed E-state index contributed by atoms with van der Waals surface area (Å²) in [6, 6.07) is 8.72. The second kappa shape index (κ2) is 10.7. The Morgan fingerprint density at radius 2 is 1.97 bits per heavy atom. The van der Waals surface area contributed by atoms with Gasteiger partial charge in [0.25, 0.3) is 0 Å². The maximum atomic E-state index is 11.8. The summed E-state index contributed by atoms with van der Waals surface area (Å²) in [5, 5.41) is 16.3. The molecule has 1 aliphatic heterocycles. The highest BCUT2D eigenvalue weighted by atomic mass is 35.5. The minimum atomic E-state index is 0.0469. The molecule has 1 amide bonds. The Kier molecular flexibility index (Phi) is 7.29. The summed E-state index contributed by atoms with van der Waals surface area (Å²) in [5.41, 5.74) is 2.32. The van der Waals surface area contributed by atoms with E-state index in [-0.39, 0.29) is 5.91 Å². The Morgan fingerprint density at radius 1 is 1.17 bits per heavy atom. The van der Waals surface area contributed by atoms with Crippen LogP contribution in [0.1, 0.15) is 38.5 Å². The van der Waals surface area contributed by atoms with E-state index in [1.165, 1.54) is 12.5 Å². The SMILES string of the molecule is C=CC(=O)N1CCC(CN[C@H]2CCC[C@@H](Nc3ncc(Cl)c(-c4n[nH]c5ccccc45)n3)C2)CC1. The second-order valence-electron chi connectivity index (χ2n) is 9.59. The normalized spacial score (nSPS) is 21.2. The monoisotopic (exact) mass is 493 g/mol. The summed E-state index contributed by atoms with van der Waals surface area (Å²) < 4.78 is 0. The van der Waals surface area contributed by atoms with Crippen LogP contribution in [0.25, 0.3) is 22.3 Å². The number of halogens is 1. The van der Waals surface area contributed by atoms with E-state index < -0.39 is 0 Å². The number of hydrogen-bond donors (Lipinski definition) is 3. The number of carbonyl (C=O) groups excluding carboxylic acids is 1. The third-order valence-corrected chi connectivity index (χ3v) is 7.52. The summed E-state index contributed by atoms with van der Waals surface area (Å²) >= 11 is 6.46. The quantitative estimate of drug-likeness (QED) is 0.422. The number of para-hydroxylation sites is 1. The molecule has 2 atom stereocenters. The van der Waals surface area contributed by atoms with E-state index in [0.29, 0.717) is 34.7 Å². The van der Waals surface area contributed by atoms with Crippen LogP contribution in [0.3, 0.4) is 0 Å². The molecule has 2 aromatic heterocycles. The Bertz CT molecular complexity index is 1190. The second-order valence-corrected chi connectivity index (χ2v) is 10.0. The van der Waals surface area contributed by atoms with Crippen LogP contribution in [0.2, 0.25) is 5.02 Å². The Morgan fingerprint density at radius 3 is 2.80 bits per heavy atom. The lowest BCUT2D eigenvalue weighted by Gasteiger charge is -2.34. The van der Waals surface area contributed by atoms with Crippen LogP contribution in [0.15, 0.2) is 43.1 Å². The van der Waals surface area contributed by atoms with Gasteiger partial charge in [0.2, 0.25) is 11.9 Å². The molecule has 1 aliphatic carbocycles. The van der Waals surface area contributed by atoms with Crippen molar-refractivity contribution in [2.45, 2.75) is 50.6 Å². The van der Waals surface area contributed by atoms with Gasteiger partial charge in [-0.25, -0.2) is 9.97 Å². The number of rotatable bonds is 7. The summed E-state index contributed by atoms with van der Waals surface area (Å²) in [6.07, 6.45) is 9.61. The molecular weight excluding hydrogens is 462 g/mol. The molecular formula is C26H32ClN7O. The van der Waals surface area contributed by atoms with Gasteiger partial charge in [0, 0.05) is 30.6 Å². The minimum Gasteiger partial charge on any atom is -0.351 e. The van der Waals surface area contributed by atoms with Gasteiger partial charge in [-0.05, 0) is 63.1 Å². The van der Waals surface area contributed by atoms with E-state index in [0.717, 1.165) is 68.3 Å². The van der Waals surface area contributed by atoms with Gasteiger partial charge in [0.15, 0.2) is 0 Å². The van der Waals surface area contributed by atoms with Crippen LogP contribution in [0.4, 0.5) is 5.95 Å². The number of nitrogens with one attached hydrogen (secondary N) is 3. The molecule has 0 unspecified atom stereocenters. The number of hydrogen-bond acceptors (Lipinski definition) is 6. The number of likely N-dealkylation sites (tertiary alicyclic amines) is 1. The Hall–Kier alpha value is -2.97. The van der Waals surface area contributed by atoms with Gasteiger partial charge in [0.05, 0.1) is 16.7 Å². The molecule has 0 bridgehead atoms. The molecule has 1 aromatic carbocycles. The number of nitrogens with zero attached hydrogens (tertiary/aromatic N) is 4. The lowest BCUT2D eigenvalue weighted by molar-refractivity contribution is -0.127. The zero-order valence-corrected chi connectivity index (χ0v) is 20.6. The number of amides is 1. The van der Waals surface area contributed by atoms with E-state index in [4.69, 9.17) is 16.6 Å². The summed E-state index contributed by atoms with van der Waals surface area (Å²) in [7, 11) is 0. The topological polar surface area (TPSA) is 98.8 Å². The molecule has 35 heavy (non-hydrogen) atoms. The highest BCUT2D eigenvalue weighted by Gasteiger charge is 2.26. The van der Waals surface area contributed by atoms with Gasteiger partial charge in [0.1, 0.15) is 11.4 Å². The van der Waals surface area contributed by atoms with Crippen LogP contribution in [0.5, 0.6) is 0 Å². The third-order valence-electron chi connectivity index (χ3n) is 7.24. The fraction of sp³-hybridized carbons (Fsp3) is 0.462. The molecule has 3 aromatic rings. The number of aromatic amines is 1. The third kappa shape index (κ3) is 5.49. The number of benzene rings is 1. The summed E-state index contributed by atoms with van der Waals surface area (Å²) in [5.74, 6) is 1.25. The van der Waals surface area contributed by atoms with Crippen molar-refractivity contribution >= 4 is 34.4 Å². The zero-order valence-electron chi connectivity index (χ0n) is 19.8. The molecule has 0 spiro atoms. The highest BCUT2D eigenvalue weighted by molar-refractivity contribution is 6.33. The van der Waals surface area contributed by atoms with Crippen LogP contribution in [-0.2, 0) is 4.79 Å².